The summed E-state index contributed by atoms with van der Waals surface area (Å²) in [6, 6.07) is 16.7. The van der Waals surface area contributed by atoms with E-state index in [0.717, 1.165) is 30.5 Å². The van der Waals surface area contributed by atoms with Crippen LogP contribution >= 0.6 is 23.4 Å². The van der Waals surface area contributed by atoms with Crippen molar-refractivity contribution in [3.63, 3.8) is 0 Å². The summed E-state index contributed by atoms with van der Waals surface area (Å²) in [7, 11) is 0. The molecule has 3 rings (SSSR count). The molecule has 156 valence electrons. The molecule has 0 aliphatic heterocycles. The Kier molecular flexibility index (Phi) is 8.11. The van der Waals surface area contributed by atoms with Crippen LogP contribution in [0.2, 0.25) is 5.02 Å². The van der Waals surface area contributed by atoms with E-state index in [4.69, 9.17) is 11.6 Å². The molecule has 0 unspecified atom stereocenters. The predicted molar refractivity (Wildman–Crippen MR) is 123 cm³/mol. The van der Waals surface area contributed by atoms with Crippen LogP contribution in [0.5, 0.6) is 0 Å². The Hall–Kier alpha value is -2.57. The van der Waals surface area contributed by atoms with Gasteiger partial charge in [0.05, 0.1) is 12.1 Å². The Bertz CT molecular complexity index is 1050. The molecule has 0 aliphatic carbocycles. The number of hydrogen-bond acceptors (Lipinski definition) is 4. The van der Waals surface area contributed by atoms with Crippen LogP contribution in [-0.2, 0) is 23.4 Å². The zero-order valence-corrected chi connectivity index (χ0v) is 18.4. The summed E-state index contributed by atoms with van der Waals surface area (Å²) in [5.41, 5.74) is 3.18. The van der Waals surface area contributed by atoms with Gasteiger partial charge in [-0.3, -0.25) is 9.59 Å². The average Bonchev–Trinajstić information content (AvgIpc) is 2.71. The molecule has 2 aromatic carbocycles. The number of rotatable bonds is 9. The van der Waals surface area contributed by atoms with Crippen molar-refractivity contribution in [1.29, 1.82) is 0 Å². The number of anilines is 1. The first-order valence-corrected chi connectivity index (χ1v) is 11.2. The molecule has 5 nitrogen and oxygen atoms in total. The fraction of sp³-hybridized carbons (Fsp3) is 0.261. The lowest BCUT2D eigenvalue weighted by Crippen LogP contribution is -2.18. The van der Waals surface area contributed by atoms with E-state index in [2.05, 4.69) is 22.2 Å². The van der Waals surface area contributed by atoms with Gasteiger partial charge in [0.15, 0.2) is 5.16 Å². The number of carbonyl (C=O) groups is 1. The molecule has 0 fully saturated rings. The maximum atomic E-state index is 12.4. The third kappa shape index (κ3) is 7.04. The number of benzene rings is 2. The summed E-state index contributed by atoms with van der Waals surface area (Å²) in [4.78, 5) is 31.5. The summed E-state index contributed by atoms with van der Waals surface area (Å²) < 4.78 is 0. The van der Waals surface area contributed by atoms with E-state index >= 15 is 0 Å². The number of aromatic nitrogens is 2. The molecule has 30 heavy (non-hydrogen) atoms. The number of unbranched alkanes of at least 4 members (excludes halogenated alkanes) is 1. The van der Waals surface area contributed by atoms with Crippen molar-refractivity contribution in [2.75, 3.05) is 5.32 Å². The molecule has 1 amide bonds. The van der Waals surface area contributed by atoms with E-state index in [1.807, 2.05) is 48.5 Å². The van der Waals surface area contributed by atoms with E-state index in [0.29, 0.717) is 21.6 Å². The van der Waals surface area contributed by atoms with Crippen LogP contribution in [0.1, 0.15) is 36.6 Å². The van der Waals surface area contributed by atoms with E-state index in [1.165, 1.54) is 23.4 Å². The van der Waals surface area contributed by atoms with Crippen molar-refractivity contribution in [3.8, 4) is 0 Å². The molecule has 0 saturated carbocycles. The van der Waals surface area contributed by atoms with Crippen LogP contribution in [-0.4, -0.2) is 15.9 Å². The summed E-state index contributed by atoms with van der Waals surface area (Å²) in [5, 5.41) is 4.01. The number of amides is 1. The lowest BCUT2D eigenvalue weighted by Gasteiger charge is -2.07. The third-order valence-corrected chi connectivity index (χ3v) is 5.62. The van der Waals surface area contributed by atoms with Gasteiger partial charge in [0.1, 0.15) is 0 Å². The lowest BCUT2D eigenvalue weighted by atomic mass is 10.1. The minimum atomic E-state index is -0.276. The Balaban J connectivity index is 1.59. The van der Waals surface area contributed by atoms with Crippen LogP contribution in [0.25, 0.3) is 0 Å². The minimum Gasteiger partial charge on any atom is -0.326 e. The highest BCUT2D eigenvalue weighted by Gasteiger charge is 2.09. The van der Waals surface area contributed by atoms with Crippen molar-refractivity contribution in [3.05, 3.63) is 86.8 Å². The number of aryl methyl sites for hydroxylation is 1. The molecule has 2 N–H and O–H groups in total. The van der Waals surface area contributed by atoms with Gasteiger partial charge in [-0.25, -0.2) is 4.98 Å². The van der Waals surface area contributed by atoms with Gasteiger partial charge >= 0.3 is 0 Å². The molecule has 0 radical (unpaired) electrons. The first-order chi connectivity index (χ1) is 14.5. The van der Waals surface area contributed by atoms with Gasteiger partial charge in [-0.05, 0) is 48.2 Å². The molecule has 1 aromatic heterocycles. The number of aromatic amines is 1. The summed E-state index contributed by atoms with van der Waals surface area (Å²) in [5.74, 6) is 0.406. The van der Waals surface area contributed by atoms with Crippen molar-refractivity contribution in [2.45, 2.75) is 43.5 Å². The molecular formula is C23H24ClN3O2S. The molecule has 0 aliphatic rings. The van der Waals surface area contributed by atoms with E-state index in [-0.39, 0.29) is 17.9 Å². The molecule has 0 bridgehead atoms. The molecule has 7 heteroatoms. The SMILES string of the molecule is CCCCc1ccc(NC(=O)Cc2cc(=O)[nH]c(SCc3cccc(Cl)c3)n2)cc1. The van der Waals surface area contributed by atoms with Crippen LogP contribution in [0.15, 0.2) is 64.5 Å². The van der Waals surface area contributed by atoms with E-state index in [9.17, 15) is 9.59 Å². The molecule has 0 spiro atoms. The van der Waals surface area contributed by atoms with E-state index in [1.54, 1.807) is 0 Å². The van der Waals surface area contributed by atoms with Crippen molar-refractivity contribution >= 4 is 35.0 Å². The highest BCUT2D eigenvalue weighted by Crippen LogP contribution is 2.21. The van der Waals surface area contributed by atoms with Gasteiger partial charge in [-0.15, -0.1) is 0 Å². The number of hydrogen-bond donors (Lipinski definition) is 2. The van der Waals surface area contributed by atoms with Crippen LogP contribution in [0.4, 0.5) is 5.69 Å². The second kappa shape index (κ2) is 11.0. The molecular weight excluding hydrogens is 418 g/mol. The number of carbonyl (C=O) groups excluding carboxylic acids is 1. The standard InChI is InChI=1S/C23H24ClN3O2S/c1-2-3-5-16-8-10-19(11-9-16)25-21(28)13-20-14-22(29)27-23(26-20)30-15-17-6-4-7-18(24)12-17/h4,6-12,14H,2-3,5,13,15H2,1H3,(H,25,28)(H,26,27,29). The fourth-order valence-electron chi connectivity index (χ4n) is 2.93. The maximum Gasteiger partial charge on any atom is 0.251 e. The second-order valence-corrected chi connectivity index (χ2v) is 8.39. The number of nitrogens with one attached hydrogen (secondary N) is 2. The zero-order valence-electron chi connectivity index (χ0n) is 16.8. The zero-order chi connectivity index (χ0) is 21.3. The van der Waals surface area contributed by atoms with Crippen LogP contribution in [0, 0.1) is 0 Å². The summed E-state index contributed by atoms with van der Waals surface area (Å²) in [6.45, 7) is 2.17. The molecule has 0 atom stereocenters. The summed E-state index contributed by atoms with van der Waals surface area (Å²) >= 11 is 7.40. The van der Waals surface area contributed by atoms with Gasteiger partial charge in [0, 0.05) is 22.5 Å². The minimum absolute atomic E-state index is 0.0340. The monoisotopic (exact) mass is 441 g/mol. The smallest absolute Gasteiger partial charge is 0.251 e. The summed E-state index contributed by atoms with van der Waals surface area (Å²) in [6.07, 6.45) is 3.38. The van der Waals surface area contributed by atoms with Gasteiger partial charge < -0.3 is 10.3 Å². The Labute approximate surface area is 185 Å². The van der Waals surface area contributed by atoms with Crippen molar-refractivity contribution in [1.82, 2.24) is 9.97 Å². The van der Waals surface area contributed by atoms with Crippen LogP contribution in [0.3, 0.4) is 0 Å². The Morgan fingerprint density at radius 2 is 1.93 bits per heavy atom. The van der Waals surface area contributed by atoms with Gasteiger partial charge in [-0.1, -0.05) is 61.0 Å². The normalized spacial score (nSPS) is 10.7. The number of halogens is 1. The second-order valence-electron chi connectivity index (χ2n) is 6.99. The number of nitrogens with zero attached hydrogens (tertiary/aromatic N) is 1. The Morgan fingerprint density at radius 3 is 2.67 bits per heavy atom. The Morgan fingerprint density at radius 1 is 1.13 bits per heavy atom. The van der Waals surface area contributed by atoms with Crippen LogP contribution < -0.4 is 10.9 Å². The van der Waals surface area contributed by atoms with Crippen molar-refractivity contribution in [2.24, 2.45) is 0 Å². The number of thioether (sulfide) groups is 1. The molecule has 3 aromatic rings. The highest BCUT2D eigenvalue weighted by atomic mass is 35.5. The third-order valence-electron chi connectivity index (χ3n) is 4.44. The van der Waals surface area contributed by atoms with E-state index < -0.39 is 0 Å². The lowest BCUT2D eigenvalue weighted by molar-refractivity contribution is -0.115. The number of H-pyrrole nitrogens is 1. The topological polar surface area (TPSA) is 74.8 Å². The van der Waals surface area contributed by atoms with Gasteiger partial charge in [0.25, 0.3) is 5.56 Å². The maximum absolute atomic E-state index is 12.4. The molecule has 1 heterocycles. The molecule has 0 saturated heterocycles. The van der Waals surface area contributed by atoms with Crippen molar-refractivity contribution < 1.29 is 4.79 Å². The van der Waals surface area contributed by atoms with Gasteiger partial charge in [0.2, 0.25) is 5.91 Å². The van der Waals surface area contributed by atoms with Gasteiger partial charge in [-0.2, -0.15) is 0 Å². The fourth-order valence-corrected chi connectivity index (χ4v) is 3.98. The average molecular weight is 442 g/mol. The first-order valence-electron chi connectivity index (χ1n) is 9.88. The quantitative estimate of drug-likeness (QED) is 0.351. The first kappa shape index (κ1) is 22.1. The highest BCUT2D eigenvalue weighted by molar-refractivity contribution is 7.98. The predicted octanol–water partition coefficient (Wildman–Crippen LogP) is 5.24. The largest absolute Gasteiger partial charge is 0.326 e.